The molecular weight excluding hydrogens is 336 g/mol. The SMILES string of the molecule is Cc1ccc(-c2cc(-c3ccccc3)c(-c3ccccc3O)c(=O)o2)cc1. The Kier molecular flexibility index (Phi) is 4.35. The third kappa shape index (κ3) is 3.27. The van der Waals surface area contributed by atoms with E-state index in [1.807, 2.05) is 67.6 Å². The second-order valence-electron chi connectivity index (χ2n) is 6.44. The van der Waals surface area contributed by atoms with Gasteiger partial charge in [0.15, 0.2) is 0 Å². The summed E-state index contributed by atoms with van der Waals surface area (Å²) < 4.78 is 5.64. The Morgan fingerprint density at radius 2 is 1.41 bits per heavy atom. The first-order valence-corrected chi connectivity index (χ1v) is 8.72. The van der Waals surface area contributed by atoms with Crippen LogP contribution in [0, 0.1) is 6.92 Å². The van der Waals surface area contributed by atoms with E-state index in [4.69, 9.17) is 4.42 Å². The van der Waals surface area contributed by atoms with E-state index in [0.717, 1.165) is 22.3 Å². The van der Waals surface area contributed by atoms with Crippen LogP contribution < -0.4 is 5.63 Å². The molecule has 3 nitrogen and oxygen atoms in total. The second kappa shape index (κ2) is 6.96. The predicted octanol–water partition coefficient (Wildman–Crippen LogP) is 5.65. The summed E-state index contributed by atoms with van der Waals surface area (Å²) in [5.74, 6) is 0.545. The van der Waals surface area contributed by atoms with Gasteiger partial charge >= 0.3 is 5.63 Å². The molecule has 1 N–H and O–H groups in total. The van der Waals surface area contributed by atoms with E-state index >= 15 is 0 Å². The fourth-order valence-electron chi connectivity index (χ4n) is 3.14. The van der Waals surface area contributed by atoms with Crippen LogP contribution in [0.2, 0.25) is 0 Å². The summed E-state index contributed by atoms with van der Waals surface area (Å²) in [6.45, 7) is 2.01. The van der Waals surface area contributed by atoms with Crippen molar-refractivity contribution in [1.29, 1.82) is 0 Å². The monoisotopic (exact) mass is 354 g/mol. The zero-order chi connectivity index (χ0) is 18.8. The van der Waals surface area contributed by atoms with Crippen LogP contribution in [0.4, 0.5) is 0 Å². The van der Waals surface area contributed by atoms with Crippen molar-refractivity contribution in [1.82, 2.24) is 0 Å². The molecule has 0 amide bonds. The molecule has 0 aliphatic heterocycles. The first-order chi connectivity index (χ1) is 13.1. The molecule has 4 aromatic rings. The third-order valence-electron chi connectivity index (χ3n) is 4.55. The molecule has 132 valence electrons. The maximum Gasteiger partial charge on any atom is 0.344 e. The third-order valence-corrected chi connectivity index (χ3v) is 4.55. The van der Waals surface area contributed by atoms with E-state index in [2.05, 4.69) is 0 Å². The molecule has 0 fully saturated rings. The molecule has 0 aliphatic rings. The smallest absolute Gasteiger partial charge is 0.344 e. The van der Waals surface area contributed by atoms with Crippen LogP contribution in [0.5, 0.6) is 5.75 Å². The van der Waals surface area contributed by atoms with Crippen LogP contribution in [0.15, 0.2) is 94.1 Å². The van der Waals surface area contributed by atoms with Crippen molar-refractivity contribution in [2.75, 3.05) is 0 Å². The largest absolute Gasteiger partial charge is 0.507 e. The van der Waals surface area contributed by atoms with Crippen molar-refractivity contribution >= 4 is 0 Å². The Morgan fingerprint density at radius 1 is 0.741 bits per heavy atom. The number of phenolic OH excluding ortho intramolecular Hbond substituents is 1. The summed E-state index contributed by atoms with van der Waals surface area (Å²) in [6, 6.07) is 26.1. The summed E-state index contributed by atoms with van der Waals surface area (Å²) in [4.78, 5) is 12.9. The molecule has 0 atom stereocenters. The van der Waals surface area contributed by atoms with Gasteiger partial charge in [0.2, 0.25) is 0 Å². The van der Waals surface area contributed by atoms with Crippen molar-refractivity contribution in [3.8, 4) is 39.3 Å². The van der Waals surface area contributed by atoms with Crippen molar-refractivity contribution in [3.05, 3.63) is 101 Å². The number of benzene rings is 3. The lowest BCUT2D eigenvalue weighted by Gasteiger charge is -2.12. The number of hydrogen-bond donors (Lipinski definition) is 1. The number of phenols is 1. The van der Waals surface area contributed by atoms with Gasteiger partial charge < -0.3 is 9.52 Å². The number of aryl methyl sites for hydroxylation is 1. The lowest BCUT2D eigenvalue weighted by Crippen LogP contribution is -2.06. The first kappa shape index (κ1) is 16.9. The Morgan fingerprint density at radius 3 is 2.11 bits per heavy atom. The number of para-hydroxylation sites is 1. The number of aromatic hydroxyl groups is 1. The molecule has 0 aliphatic carbocycles. The van der Waals surface area contributed by atoms with Crippen LogP contribution in [0.25, 0.3) is 33.6 Å². The predicted molar refractivity (Wildman–Crippen MR) is 108 cm³/mol. The standard InChI is InChI=1S/C24H18O3/c1-16-11-13-18(14-12-16)22-15-20(17-7-3-2-4-8-17)23(24(26)27-22)19-9-5-6-10-21(19)25/h2-15,25H,1H3. The van der Waals surface area contributed by atoms with Crippen LogP contribution in [0.1, 0.15) is 5.56 Å². The average molecular weight is 354 g/mol. The molecule has 3 heteroatoms. The Labute approximate surface area is 157 Å². The zero-order valence-electron chi connectivity index (χ0n) is 14.8. The van der Waals surface area contributed by atoms with Gasteiger partial charge in [-0.15, -0.1) is 0 Å². The van der Waals surface area contributed by atoms with Gasteiger partial charge in [0.1, 0.15) is 11.5 Å². The summed E-state index contributed by atoms with van der Waals surface area (Å²) >= 11 is 0. The van der Waals surface area contributed by atoms with E-state index in [0.29, 0.717) is 16.9 Å². The quantitative estimate of drug-likeness (QED) is 0.517. The van der Waals surface area contributed by atoms with Crippen LogP contribution >= 0.6 is 0 Å². The van der Waals surface area contributed by atoms with Crippen LogP contribution in [0.3, 0.4) is 0 Å². The molecule has 1 aromatic heterocycles. The molecule has 27 heavy (non-hydrogen) atoms. The Bertz CT molecular complexity index is 1140. The van der Waals surface area contributed by atoms with Crippen molar-refractivity contribution in [3.63, 3.8) is 0 Å². The summed E-state index contributed by atoms with van der Waals surface area (Å²) in [6.07, 6.45) is 0. The molecular formula is C24H18O3. The first-order valence-electron chi connectivity index (χ1n) is 8.72. The minimum Gasteiger partial charge on any atom is -0.507 e. The normalized spacial score (nSPS) is 10.7. The Hall–Kier alpha value is -3.59. The summed E-state index contributed by atoms with van der Waals surface area (Å²) in [7, 11) is 0. The van der Waals surface area contributed by atoms with E-state index in [1.165, 1.54) is 0 Å². The summed E-state index contributed by atoms with van der Waals surface area (Å²) in [5.41, 5.74) is 3.92. The fourth-order valence-corrected chi connectivity index (χ4v) is 3.14. The van der Waals surface area contributed by atoms with Crippen LogP contribution in [-0.4, -0.2) is 5.11 Å². The van der Waals surface area contributed by atoms with Gasteiger partial charge in [-0.3, -0.25) is 0 Å². The fraction of sp³-hybridized carbons (Fsp3) is 0.0417. The highest BCUT2D eigenvalue weighted by atomic mass is 16.4. The molecule has 0 saturated carbocycles. The average Bonchev–Trinajstić information content (AvgIpc) is 2.69. The van der Waals surface area contributed by atoms with Crippen molar-refractivity contribution in [2.24, 2.45) is 0 Å². The molecule has 0 radical (unpaired) electrons. The van der Waals surface area contributed by atoms with Gasteiger partial charge in [-0.1, -0.05) is 78.4 Å². The molecule has 4 rings (SSSR count). The molecule has 0 bridgehead atoms. The number of rotatable bonds is 3. The van der Waals surface area contributed by atoms with E-state index in [9.17, 15) is 9.90 Å². The number of hydrogen-bond acceptors (Lipinski definition) is 3. The molecule has 1 heterocycles. The summed E-state index contributed by atoms with van der Waals surface area (Å²) in [5, 5.41) is 10.3. The molecule has 0 unspecified atom stereocenters. The maximum absolute atomic E-state index is 12.9. The Balaban J connectivity index is 2.01. The van der Waals surface area contributed by atoms with Gasteiger partial charge in [0.05, 0.1) is 5.56 Å². The molecule has 0 spiro atoms. The molecule has 0 saturated heterocycles. The van der Waals surface area contributed by atoms with Crippen LogP contribution in [-0.2, 0) is 0 Å². The maximum atomic E-state index is 12.9. The zero-order valence-corrected chi connectivity index (χ0v) is 14.8. The van der Waals surface area contributed by atoms with Gasteiger partial charge in [-0.25, -0.2) is 4.79 Å². The van der Waals surface area contributed by atoms with Gasteiger partial charge in [0, 0.05) is 16.7 Å². The highest BCUT2D eigenvalue weighted by Gasteiger charge is 2.18. The highest BCUT2D eigenvalue weighted by Crippen LogP contribution is 2.36. The van der Waals surface area contributed by atoms with Crippen molar-refractivity contribution < 1.29 is 9.52 Å². The molecule has 3 aromatic carbocycles. The van der Waals surface area contributed by atoms with Gasteiger partial charge in [-0.2, -0.15) is 0 Å². The van der Waals surface area contributed by atoms with E-state index < -0.39 is 5.63 Å². The minimum absolute atomic E-state index is 0.0464. The lowest BCUT2D eigenvalue weighted by atomic mass is 9.94. The van der Waals surface area contributed by atoms with Gasteiger partial charge in [0.25, 0.3) is 0 Å². The van der Waals surface area contributed by atoms with E-state index in [-0.39, 0.29) is 5.75 Å². The van der Waals surface area contributed by atoms with Crippen molar-refractivity contribution in [2.45, 2.75) is 6.92 Å². The van der Waals surface area contributed by atoms with Gasteiger partial charge in [-0.05, 0) is 24.6 Å². The highest BCUT2D eigenvalue weighted by molar-refractivity contribution is 5.86. The lowest BCUT2D eigenvalue weighted by molar-refractivity contribution is 0.476. The van der Waals surface area contributed by atoms with E-state index in [1.54, 1.807) is 24.3 Å². The minimum atomic E-state index is -0.478. The second-order valence-corrected chi connectivity index (χ2v) is 6.44. The topological polar surface area (TPSA) is 50.4 Å².